The van der Waals surface area contributed by atoms with Gasteiger partial charge in [-0.2, -0.15) is 16.1 Å². The Labute approximate surface area is 104 Å². The van der Waals surface area contributed by atoms with E-state index in [-0.39, 0.29) is 6.61 Å². The molecule has 1 aromatic heterocycles. The first kappa shape index (κ1) is 13.4. The van der Waals surface area contributed by atoms with Gasteiger partial charge in [-0.25, -0.2) is 0 Å². The minimum atomic E-state index is 0.264. The second-order valence-corrected chi connectivity index (χ2v) is 5.04. The molecule has 0 amide bonds. The van der Waals surface area contributed by atoms with E-state index in [4.69, 9.17) is 15.6 Å². The number of ether oxygens (including phenoxy) is 1. The van der Waals surface area contributed by atoms with E-state index in [2.05, 4.69) is 9.69 Å². The average Bonchev–Trinajstić information content (AvgIpc) is 2.64. The average molecular weight is 263 g/mol. The third-order valence-corrected chi connectivity index (χ3v) is 3.73. The molecular weight excluding hydrogens is 246 g/mol. The third-order valence-electron chi connectivity index (χ3n) is 1.86. The van der Waals surface area contributed by atoms with Gasteiger partial charge in [0.05, 0.1) is 7.11 Å². The van der Waals surface area contributed by atoms with Crippen LogP contribution in [0.2, 0.25) is 0 Å². The maximum Gasteiger partial charge on any atom is 0.197 e. The highest BCUT2D eigenvalue weighted by Gasteiger charge is 2.10. The number of nitrogens with two attached hydrogens (primary N) is 1. The van der Waals surface area contributed by atoms with E-state index in [0.29, 0.717) is 11.6 Å². The predicted molar refractivity (Wildman–Crippen MR) is 70.6 cm³/mol. The molecule has 0 saturated heterocycles. The first-order valence-corrected chi connectivity index (χ1v) is 6.94. The Morgan fingerprint density at radius 2 is 2.38 bits per heavy atom. The van der Waals surface area contributed by atoms with Gasteiger partial charge >= 0.3 is 0 Å². The summed E-state index contributed by atoms with van der Waals surface area (Å²) in [5.74, 6) is 3.04. The van der Waals surface area contributed by atoms with Crippen LogP contribution in [0.3, 0.4) is 0 Å². The first-order chi connectivity index (χ1) is 7.79. The lowest BCUT2D eigenvalue weighted by Gasteiger charge is -2.05. The largest absolute Gasteiger partial charge is 0.490 e. The first-order valence-electron chi connectivity index (χ1n) is 5.01. The molecule has 1 rings (SSSR count). The van der Waals surface area contributed by atoms with Crippen molar-refractivity contribution in [3.63, 3.8) is 0 Å². The van der Waals surface area contributed by atoms with Crippen LogP contribution >= 0.6 is 23.3 Å². The zero-order chi connectivity index (χ0) is 11.8. The molecule has 0 atom stereocenters. The van der Waals surface area contributed by atoms with Crippen molar-refractivity contribution < 1.29 is 9.84 Å². The Morgan fingerprint density at radius 1 is 1.56 bits per heavy atom. The molecule has 0 radical (unpaired) electrons. The second kappa shape index (κ2) is 7.59. The van der Waals surface area contributed by atoms with E-state index in [9.17, 15) is 0 Å². The highest BCUT2D eigenvalue weighted by molar-refractivity contribution is 7.99. The molecule has 0 saturated carbocycles. The third kappa shape index (κ3) is 4.07. The van der Waals surface area contributed by atoms with Gasteiger partial charge in [0, 0.05) is 18.9 Å². The monoisotopic (exact) mass is 263 g/mol. The standard InChI is InChI=1S/C9H17N3O2S2/c1-14-7-8(10)12-16-9(7)11-3-6-15-5-2-4-13/h11,13H,2-6H2,1H3,(H2,10,12). The van der Waals surface area contributed by atoms with Crippen LogP contribution in [0.5, 0.6) is 5.75 Å². The molecule has 1 heterocycles. The molecule has 0 aliphatic carbocycles. The number of aliphatic hydroxyl groups excluding tert-OH is 1. The van der Waals surface area contributed by atoms with E-state index in [1.54, 1.807) is 18.9 Å². The highest BCUT2D eigenvalue weighted by Crippen LogP contribution is 2.34. The molecule has 4 N–H and O–H groups in total. The van der Waals surface area contributed by atoms with Crippen LogP contribution in [0.4, 0.5) is 10.8 Å². The maximum atomic E-state index is 8.61. The summed E-state index contributed by atoms with van der Waals surface area (Å²) in [5, 5.41) is 12.7. The van der Waals surface area contributed by atoms with E-state index in [1.165, 1.54) is 11.5 Å². The summed E-state index contributed by atoms with van der Waals surface area (Å²) in [4.78, 5) is 0. The lowest BCUT2D eigenvalue weighted by Crippen LogP contribution is -2.04. The van der Waals surface area contributed by atoms with Crippen molar-refractivity contribution in [2.45, 2.75) is 6.42 Å². The van der Waals surface area contributed by atoms with Crippen LogP contribution in [-0.2, 0) is 0 Å². The Balaban J connectivity index is 2.21. The fourth-order valence-electron chi connectivity index (χ4n) is 1.11. The van der Waals surface area contributed by atoms with Gasteiger partial charge in [0.2, 0.25) is 0 Å². The molecule has 0 aromatic carbocycles. The summed E-state index contributed by atoms with van der Waals surface area (Å²) in [6, 6.07) is 0. The van der Waals surface area contributed by atoms with Gasteiger partial charge in [0.15, 0.2) is 16.6 Å². The SMILES string of the molecule is COc1c(N)nsc1NCCSCCCO. The maximum absolute atomic E-state index is 8.61. The van der Waals surface area contributed by atoms with Gasteiger partial charge in [-0.15, -0.1) is 0 Å². The lowest BCUT2D eigenvalue weighted by atomic mass is 10.5. The molecule has 16 heavy (non-hydrogen) atoms. The van der Waals surface area contributed by atoms with E-state index < -0.39 is 0 Å². The van der Waals surface area contributed by atoms with Gasteiger partial charge in [0.25, 0.3) is 0 Å². The zero-order valence-electron chi connectivity index (χ0n) is 9.23. The van der Waals surface area contributed by atoms with Gasteiger partial charge < -0.3 is 20.9 Å². The highest BCUT2D eigenvalue weighted by atomic mass is 32.2. The summed E-state index contributed by atoms with van der Waals surface area (Å²) in [6.45, 7) is 1.10. The Morgan fingerprint density at radius 3 is 3.06 bits per heavy atom. The fourth-order valence-corrected chi connectivity index (χ4v) is 2.60. The smallest absolute Gasteiger partial charge is 0.197 e. The normalized spacial score (nSPS) is 10.4. The van der Waals surface area contributed by atoms with Crippen LogP contribution in [0.1, 0.15) is 6.42 Å². The van der Waals surface area contributed by atoms with Crippen molar-refractivity contribution in [2.75, 3.05) is 42.8 Å². The number of aromatic nitrogens is 1. The number of nitrogen functional groups attached to an aromatic ring is 1. The summed E-state index contributed by atoms with van der Waals surface area (Å²) < 4.78 is 9.14. The summed E-state index contributed by atoms with van der Waals surface area (Å²) in [5.41, 5.74) is 5.62. The number of hydrogen-bond donors (Lipinski definition) is 3. The lowest BCUT2D eigenvalue weighted by molar-refractivity contribution is 0.296. The summed E-state index contributed by atoms with van der Waals surface area (Å²) >= 11 is 3.12. The molecule has 0 bridgehead atoms. The molecule has 0 aliphatic rings. The summed E-state index contributed by atoms with van der Waals surface area (Å²) in [7, 11) is 1.58. The fraction of sp³-hybridized carbons (Fsp3) is 0.667. The molecule has 0 aliphatic heterocycles. The van der Waals surface area contributed by atoms with Crippen LogP contribution in [0.15, 0.2) is 0 Å². The topological polar surface area (TPSA) is 80.4 Å². The number of nitrogens with one attached hydrogen (secondary N) is 1. The van der Waals surface area contributed by atoms with Crippen LogP contribution in [-0.4, -0.2) is 41.2 Å². The van der Waals surface area contributed by atoms with Crippen molar-refractivity contribution >= 4 is 34.1 Å². The molecule has 1 aromatic rings. The van der Waals surface area contributed by atoms with Crippen LogP contribution in [0.25, 0.3) is 0 Å². The predicted octanol–water partition coefficient (Wildman–Crippen LogP) is 1.26. The quantitative estimate of drug-likeness (QED) is 0.613. The number of aliphatic hydroxyl groups is 1. The van der Waals surface area contributed by atoms with E-state index >= 15 is 0 Å². The number of thioether (sulfide) groups is 1. The number of anilines is 2. The van der Waals surface area contributed by atoms with Gasteiger partial charge in [-0.1, -0.05) is 0 Å². The van der Waals surface area contributed by atoms with Crippen LogP contribution in [0, 0.1) is 0 Å². The molecule has 7 heteroatoms. The van der Waals surface area contributed by atoms with Crippen molar-refractivity contribution in [1.82, 2.24) is 4.37 Å². The summed E-state index contributed by atoms with van der Waals surface area (Å²) in [6.07, 6.45) is 0.849. The number of hydrogen-bond acceptors (Lipinski definition) is 7. The second-order valence-electron chi connectivity index (χ2n) is 3.05. The number of rotatable bonds is 8. The molecule has 92 valence electrons. The van der Waals surface area contributed by atoms with E-state index in [0.717, 1.165) is 29.5 Å². The Kier molecular flexibility index (Phi) is 6.36. The van der Waals surface area contributed by atoms with Crippen molar-refractivity contribution in [3.05, 3.63) is 0 Å². The van der Waals surface area contributed by atoms with Crippen molar-refractivity contribution in [3.8, 4) is 5.75 Å². The van der Waals surface area contributed by atoms with Gasteiger partial charge in [-0.05, 0) is 23.7 Å². The Bertz CT molecular complexity index is 307. The number of nitrogens with zero attached hydrogens (tertiary/aromatic N) is 1. The molecule has 5 nitrogen and oxygen atoms in total. The molecule has 0 fully saturated rings. The minimum Gasteiger partial charge on any atom is -0.490 e. The van der Waals surface area contributed by atoms with Crippen LogP contribution < -0.4 is 15.8 Å². The Hall–Kier alpha value is -0.660. The van der Waals surface area contributed by atoms with Gasteiger partial charge in [0.1, 0.15) is 0 Å². The van der Waals surface area contributed by atoms with Gasteiger partial charge in [-0.3, -0.25) is 0 Å². The van der Waals surface area contributed by atoms with Crippen molar-refractivity contribution in [1.29, 1.82) is 0 Å². The molecular formula is C9H17N3O2S2. The van der Waals surface area contributed by atoms with E-state index in [1.807, 2.05) is 0 Å². The number of methoxy groups -OCH3 is 1. The molecule has 0 spiro atoms. The molecule has 0 unspecified atom stereocenters. The van der Waals surface area contributed by atoms with Crippen molar-refractivity contribution in [2.24, 2.45) is 0 Å². The minimum absolute atomic E-state index is 0.264. The zero-order valence-corrected chi connectivity index (χ0v) is 10.9.